The van der Waals surface area contributed by atoms with Crippen molar-refractivity contribution in [2.45, 2.75) is 58.2 Å². The number of hydrogen-bond acceptors (Lipinski definition) is 4. The van der Waals surface area contributed by atoms with Crippen molar-refractivity contribution in [2.24, 2.45) is 5.73 Å². The smallest absolute Gasteiger partial charge is 0.410 e. The number of carbonyl (C=O) groups is 1. The zero-order chi connectivity index (χ0) is 13.8. The summed E-state index contributed by atoms with van der Waals surface area (Å²) in [5, 5.41) is 0. The zero-order valence-corrected chi connectivity index (χ0v) is 11.9. The topological polar surface area (TPSA) is 64.8 Å². The average molecular weight is 258 g/mol. The predicted molar refractivity (Wildman–Crippen MR) is 70.4 cm³/mol. The normalized spacial score (nSPS) is 19.4. The molecule has 106 valence electrons. The molecule has 1 unspecified atom stereocenters. The number of ether oxygens (including phenoxy) is 2. The molecule has 5 nitrogen and oxygen atoms in total. The van der Waals surface area contributed by atoms with Crippen LogP contribution in [0.1, 0.15) is 40.5 Å². The van der Waals surface area contributed by atoms with Crippen molar-refractivity contribution in [3.05, 3.63) is 0 Å². The van der Waals surface area contributed by atoms with Crippen LogP contribution < -0.4 is 5.73 Å². The first-order valence-electron chi connectivity index (χ1n) is 6.62. The first-order valence-corrected chi connectivity index (χ1v) is 6.62. The number of nitrogens with two attached hydrogens (primary N) is 1. The van der Waals surface area contributed by atoms with Crippen molar-refractivity contribution in [2.75, 3.05) is 19.8 Å². The number of rotatable bonds is 3. The van der Waals surface area contributed by atoms with Crippen LogP contribution in [-0.2, 0) is 9.47 Å². The molecule has 0 aromatic heterocycles. The number of carbonyl (C=O) groups excluding carboxylic acids is 1. The van der Waals surface area contributed by atoms with Gasteiger partial charge in [0.1, 0.15) is 5.60 Å². The Hall–Kier alpha value is -0.810. The largest absolute Gasteiger partial charge is 0.444 e. The molecule has 0 aromatic carbocycles. The van der Waals surface area contributed by atoms with Crippen LogP contribution in [0.25, 0.3) is 0 Å². The van der Waals surface area contributed by atoms with Gasteiger partial charge in [-0.25, -0.2) is 4.79 Å². The fraction of sp³-hybridized carbons (Fsp3) is 0.923. The van der Waals surface area contributed by atoms with Gasteiger partial charge in [0.25, 0.3) is 0 Å². The van der Waals surface area contributed by atoms with E-state index in [0.29, 0.717) is 19.8 Å². The molecule has 18 heavy (non-hydrogen) atoms. The van der Waals surface area contributed by atoms with E-state index in [1.807, 2.05) is 27.7 Å². The molecule has 5 heteroatoms. The highest BCUT2D eigenvalue weighted by atomic mass is 16.6. The van der Waals surface area contributed by atoms with Gasteiger partial charge in [-0.15, -0.1) is 0 Å². The van der Waals surface area contributed by atoms with Gasteiger partial charge in [-0.2, -0.15) is 0 Å². The third kappa shape index (κ3) is 5.23. The second-order valence-corrected chi connectivity index (χ2v) is 5.95. The molecule has 0 aromatic rings. The van der Waals surface area contributed by atoms with E-state index in [4.69, 9.17) is 15.2 Å². The minimum absolute atomic E-state index is 0.0552. The SMILES string of the molecule is CC(N)CN(C(=O)OC(C)(C)C)C1CCOCC1. The molecule has 0 saturated carbocycles. The highest BCUT2D eigenvalue weighted by Gasteiger charge is 2.30. The molecular weight excluding hydrogens is 232 g/mol. The Bertz CT molecular complexity index is 268. The molecule has 0 bridgehead atoms. The highest BCUT2D eigenvalue weighted by Crippen LogP contribution is 2.18. The van der Waals surface area contributed by atoms with Crippen molar-refractivity contribution in [1.29, 1.82) is 0 Å². The van der Waals surface area contributed by atoms with Crippen molar-refractivity contribution < 1.29 is 14.3 Å². The summed E-state index contributed by atoms with van der Waals surface area (Å²) >= 11 is 0. The second-order valence-electron chi connectivity index (χ2n) is 5.95. The number of nitrogens with zero attached hydrogens (tertiary/aromatic N) is 1. The fourth-order valence-electron chi connectivity index (χ4n) is 2.00. The molecule has 1 rings (SSSR count). The average Bonchev–Trinajstić information content (AvgIpc) is 2.24. The van der Waals surface area contributed by atoms with E-state index >= 15 is 0 Å². The molecule has 0 radical (unpaired) electrons. The van der Waals surface area contributed by atoms with Crippen LogP contribution in [0.3, 0.4) is 0 Å². The lowest BCUT2D eigenvalue weighted by molar-refractivity contribution is -0.00670. The minimum atomic E-state index is -0.474. The maximum Gasteiger partial charge on any atom is 0.410 e. The maximum atomic E-state index is 12.2. The van der Waals surface area contributed by atoms with Gasteiger partial charge in [0.05, 0.1) is 0 Å². The Morgan fingerprint density at radius 1 is 1.44 bits per heavy atom. The molecule has 1 aliphatic heterocycles. The third-order valence-electron chi connectivity index (χ3n) is 2.74. The van der Waals surface area contributed by atoms with Gasteiger partial charge in [0, 0.05) is 31.8 Å². The monoisotopic (exact) mass is 258 g/mol. The number of amides is 1. The Labute approximate surface area is 110 Å². The summed E-state index contributed by atoms with van der Waals surface area (Å²) in [5.74, 6) is 0. The molecule has 0 aliphatic carbocycles. The molecule has 1 aliphatic rings. The Kier molecular flexibility index (Phi) is 5.41. The molecular formula is C13H26N2O3. The van der Waals surface area contributed by atoms with Gasteiger partial charge in [-0.1, -0.05) is 0 Å². The van der Waals surface area contributed by atoms with E-state index in [-0.39, 0.29) is 18.2 Å². The van der Waals surface area contributed by atoms with Crippen LogP contribution in [0.15, 0.2) is 0 Å². The van der Waals surface area contributed by atoms with E-state index < -0.39 is 5.60 Å². The Morgan fingerprint density at radius 2 is 2.00 bits per heavy atom. The second kappa shape index (κ2) is 6.38. The summed E-state index contributed by atoms with van der Waals surface area (Å²) in [4.78, 5) is 14.0. The summed E-state index contributed by atoms with van der Waals surface area (Å²) in [5.41, 5.74) is 5.35. The summed E-state index contributed by atoms with van der Waals surface area (Å²) in [6.45, 7) is 9.44. The van der Waals surface area contributed by atoms with Gasteiger partial charge in [0.2, 0.25) is 0 Å². The third-order valence-corrected chi connectivity index (χ3v) is 2.74. The summed E-state index contributed by atoms with van der Waals surface area (Å²) in [7, 11) is 0. The quantitative estimate of drug-likeness (QED) is 0.837. The van der Waals surface area contributed by atoms with Crippen molar-refractivity contribution in [3.63, 3.8) is 0 Å². The van der Waals surface area contributed by atoms with E-state index in [2.05, 4.69) is 0 Å². The maximum absolute atomic E-state index is 12.2. The van der Waals surface area contributed by atoms with E-state index in [0.717, 1.165) is 12.8 Å². The van der Waals surface area contributed by atoms with Gasteiger partial charge in [-0.3, -0.25) is 0 Å². The first kappa shape index (κ1) is 15.2. The molecule has 1 atom stereocenters. The molecule has 0 spiro atoms. The summed E-state index contributed by atoms with van der Waals surface area (Å²) in [6.07, 6.45) is 1.43. The van der Waals surface area contributed by atoms with Crippen LogP contribution in [0.4, 0.5) is 4.79 Å². The van der Waals surface area contributed by atoms with Gasteiger partial charge in [-0.05, 0) is 40.5 Å². The zero-order valence-electron chi connectivity index (χ0n) is 11.9. The lowest BCUT2D eigenvalue weighted by Gasteiger charge is -2.36. The lowest BCUT2D eigenvalue weighted by Crippen LogP contribution is -2.49. The van der Waals surface area contributed by atoms with E-state index in [1.165, 1.54) is 0 Å². The molecule has 2 N–H and O–H groups in total. The Morgan fingerprint density at radius 3 is 2.44 bits per heavy atom. The molecule has 1 heterocycles. The summed E-state index contributed by atoms with van der Waals surface area (Å²) in [6, 6.07) is 0.125. The Balaban J connectivity index is 2.67. The lowest BCUT2D eigenvalue weighted by atomic mass is 10.1. The van der Waals surface area contributed by atoms with Crippen molar-refractivity contribution in [1.82, 2.24) is 4.90 Å². The van der Waals surface area contributed by atoms with Crippen molar-refractivity contribution >= 4 is 6.09 Å². The number of hydrogen-bond donors (Lipinski definition) is 1. The fourth-order valence-corrected chi connectivity index (χ4v) is 2.00. The van der Waals surface area contributed by atoms with Gasteiger partial charge >= 0.3 is 6.09 Å². The van der Waals surface area contributed by atoms with E-state index in [1.54, 1.807) is 4.90 Å². The van der Waals surface area contributed by atoms with Crippen LogP contribution in [-0.4, -0.2) is 48.4 Å². The molecule has 1 saturated heterocycles. The van der Waals surface area contributed by atoms with Gasteiger partial charge < -0.3 is 20.1 Å². The molecule has 1 amide bonds. The first-order chi connectivity index (χ1) is 8.29. The highest BCUT2D eigenvalue weighted by molar-refractivity contribution is 5.68. The van der Waals surface area contributed by atoms with Crippen LogP contribution in [0, 0.1) is 0 Å². The van der Waals surface area contributed by atoms with Crippen LogP contribution >= 0.6 is 0 Å². The van der Waals surface area contributed by atoms with Crippen LogP contribution in [0.5, 0.6) is 0 Å². The van der Waals surface area contributed by atoms with E-state index in [9.17, 15) is 4.79 Å². The standard InChI is InChI=1S/C13H26N2O3/c1-10(14)9-15(11-5-7-17-8-6-11)12(16)18-13(2,3)4/h10-11H,5-9,14H2,1-4H3. The minimum Gasteiger partial charge on any atom is -0.444 e. The predicted octanol–water partition coefficient (Wildman–Crippen LogP) is 1.75. The van der Waals surface area contributed by atoms with Crippen molar-refractivity contribution in [3.8, 4) is 0 Å². The molecule has 1 fully saturated rings. The van der Waals surface area contributed by atoms with Crippen LogP contribution in [0.2, 0.25) is 0 Å². The summed E-state index contributed by atoms with van der Waals surface area (Å²) < 4.78 is 10.8. The van der Waals surface area contributed by atoms with Gasteiger partial charge in [0.15, 0.2) is 0 Å².